The number of hydrogen-bond donors (Lipinski definition) is 0. The minimum absolute atomic E-state index is 0.932. The molecule has 0 aromatic heterocycles. The Morgan fingerprint density at radius 3 is 2.50 bits per heavy atom. The number of fused-ring (bicyclic) bond motifs is 2. The highest BCUT2D eigenvalue weighted by molar-refractivity contribution is 8.03. The summed E-state index contributed by atoms with van der Waals surface area (Å²) in [6.07, 6.45) is 2.35. The fourth-order valence-electron chi connectivity index (χ4n) is 3.27. The highest BCUT2D eigenvalue weighted by Gasteiger charge is 2.28. The highest BCUT2D eigenvalue weighted by atomic mass is 32.2. The lowest BCUT2D eigenvalue weighted by atomic mass is 10.1. The molecule has 0 N–H and O–H groups in total. The topological polar surface area (TPSA) is 3.24 Å². The minimum atomic E-state index is 0.932. The van der Waals surface area contributed by atoms with Gasteiger partial charge in [-0.15, -0.1) is 0 Å². The molecule has 3 aromatic carbocycles. The molecule has 0 radical (unpaired) electrons. The standard InChI is InChI=1S/C21H15NS2/c1-2-8-16(9-3-1)23-17-13-15-7-6-12-20-21(15)22(14-17)18-10-4-5-11-19(18)24-20/h1-13H,14H2. The number of anilines is 2. The van der Waals surface area contributed by atoms with Crippen LogP contribution in [0.15, 0.2) is 92.4 Å². The van der Waals surface area contributed by atoms with Gasteiger partial charge in [-0.1, -0.05) is 66.0 Å². The summed E-state index contributed by atoms with van der Waals surface area (Å²) in [7, 11) is 0. The molecule has 0 saturated heterocycles. The van der Waals surface area contributed by atoms with Crippen molar-refractivity contribution >= 4 is 41.0 Å². The molecule has 0 atom stereocenters. The first kappa shape index (κ1) is 14.3. The van der Waals surface area contributed by atoms with E-state index in [-0.39, 0.29) is 0 Å². The maximum Gasteiger partial charge on any atom is 0.0630 e. The molecule has 116 valence electrons. The second-order valence-electron chi connectivity index (χ2n) is 5.88. The van der Waals surface area contributed by atoms with Crippen LogP contribution in [0.4, 0.5) is 11.4 Å². The van der Waals surface area contributed by atoms with Crippen molar-refractivity contribution in [1.29, 1.82) is 0 Å². The zero-order chi connectivity index (χ0) is 15.9. The van der Waals surface area contributed by atoms with Crippen molar-refractivity contribution in [1.82, 2.24) is 0 Å². The van der Waals surface area contributed by atoms with Crippen molar-refractivity contribution in [2.75, 3.05) is 11.4 Å². The molecule has 0 bridgehead atoms. The van der Waals surface area contributed by atoms with Gasteiger partial charge in [0, 0.05) is 25.2 Å². The van der Waals surface area contributed by atoms with Crippen LogP contribution in [0.1, 0.15) is 5.56 Å². The number of nitrogens with zero attached hydrogens (tertiary/aromatic N) is 1. The van der Waals surface area contributed by atoms with E-state index < -0.39 is 0 Å². The summed E-state index contributed by atoms with van der Waals surface area (Å²) in [5.41, 5.74) is 4.00. The van der Waals surface area contributed by atoms with Gasteiger partial charge in [0.25, 0.3) is 0 Å². The van der Waals surface area contributed by atoms with Gasteiger partial charge in [0.2, 0.25) is 0 Å². The molecule has 3 aromatic rings. The first-order valence-electron chi connectivity index (χ1n) is 7.99. The van der Waals surface area contributed by atoms with E-state index in [4.69, 9.17) is 0 Å². The smallest absolute Gasteiger partial charge is 0.0630 e. The maximum absolute atomic E-state index is 2.47. The fourth-order valence-corrected chi connectivity index (χ4v) is 5.39. The van der Waals surface area contributed by atoms with Crippen molar-refractivity contribution < 1.29 is 0 Å². The summed E-state index contributed by atoms with van der Waals surface area (Å²) in [6.45, 7) is 0.932. The SMILES string of the molecule is C1=C(Sc2ccccc2)CN2c3ccccc3Sc3cccc1c32. The second-order valence-corrected chi connectivity index (χ2v) is 8.16. The summed E-state index contributed by atoms with van der Waals surface area (Å²) in [4.78, 5) is 7.84. The van der Waals surface area contributed by atoms with Crippen molar-refractivity contribution in [3.8, 4) is 0 Å². The Hall–Kier alpha value is -2.10. The normalized spacial score (nSPS) is 14.7. The molecule has 1 nitrogen and oxygen atoms in total. The Balaban J connectivity index is 1.61. The molecule has 24 heavy (non-hydrogen) atoms. The van der Waals surface area contributed by atoms with Gasteiger partial charge in [0.15, 0.2) is 0 Å². The van der Waals surface area contributed by atoms with Gasteiger partial charge in [-0.05, 0) is 36.4 Å². The molecule has 0 spiro atoms. The monoisotopic (exact) mass is 345 g/mol. The number of rotatable bonds is 2. The average Bonchev–Trinajstić information content (AvgIpc) is 2.63. The molecular weight excluding hydrogens is 330 g/mol. The average molecular weight is 345 g/mol. The number of hydrogen-bond acceptors (Lipinski definition) is 3. The predicted octanol–water partition coefficient (Wildman–Crippen LogP) is 6.44. The van der Waals surface area contributed by atoms with Crippen LogP contribution in [-0.4, -0.2) is 6.54 Å². The van der Waals surface area contributed by atoms with Crippen molar-refractivity contribution in [3.05, 3.63) is 83.3 Å². The molecule has 0 fully saturated rings. The fraction of sp³-hybridized carbons (Fsp3) is 0.0476. The minimum Gasteiger partial charge on any atom is -0.334 e. The predicted molar refractivity (Wildman–Crippen MR) is 104 cm³/mol. The zero-order valence-corrected chi connectivity index (χ0v) is 14.6. The van der Waals surface area contributed by atoms with Gasteiger partial charge >= 0.3 is 0 Å². The van der Waals surface area contributed by atoms with Crippen LogP contribution in [0, 0.1) is 0 Å². The van der Waals surface area contributed by atoms with Crippen LogP contribution >= 0.6 is 23.5 Å². The summed E-state index contributed by atoms with van der Waals surface area (Å²) in [5, 5.41) is 0. The largest absolute Gasteiger partial charge is 0.334 e. The molecule has 0 amide bonds. The number of para-hydroxylation sites is 2. The molecule has 0 saturated carbocycles. The van der Waals surface area contributed by atoms with Crippen LogP contribution in [0.2, 0.25) is 0 Å². The third-order valence-electron chi connectivity index (χ3n) is 4.30. The Labute approximate surface area is 150 Å². The van der Waals surface area contributed by atoms with E-state index in [2.05, 4.69) is 83.8 Å². The van der Waals surface area contributed by atoms with Gasteiger partial charge < -0.3 is 4.90 Å². The molecule has 0 unspecified atom stereocenters. The maximum atomic E-state index is 2.47. The van der Waals surface area contributed by atoms with Crippen molar-refractivity contribution in [3.63, 3.8) is 0 Å². The molecule has 2 aliphatic rings. The van der Waals surface area contributed by atoms with Crippen molar-refractivity contribution in [2.45, 2.75) is 14.7 Å². The molecule has 2 heterocycles. The van der Waals surface area contributed by atoms with E-state index >= 15 is 0 Å². The van der Waals surface area contributed by atoms with Crippen molar-refractivity contribution in [2.24, 2.45) is 0 Å². The van der Waals surface area contributed by atoms with E-state index in [0.717, 1.165) is 6.54 Å². The first-order chi connectivity index (χ1) is 11.9. The third-order valence-corrected chi connectivity index (χ3v) is 6.43. The Bertz CT molecular complexity index is 947. The van der Waals surface area contributed by atoms with E-state index in [1.807, 2.05) is 23.5 Å². The van der Waals surface area contributed by atoms with E-state index in [0.29, 0.717) is 0 Å². The number of thioether (sulfide) groups is 1. The van der Waals surface area contributed by atoms with Crippen LogP contribution in [-0.2, 0) is 0 Å². The van der Waals surface area contributed by atoms with E-state index in [1.165, 1.54) is 36.5 Å². The molecule has 0 aliphatic carbocycles. The van der Waals surface area contributed by atoms with Gasteiger partial charge in [0.05, 0.1) is 17.9 Å². The van der Waals surface area contributed by atoms with Crippen LogP contribution in [0.5, 0.6) is 0 Å². The van der Waals surface area contributed by atoms with E-state index in [9.17, 15) is 0 Å². The number of benzene rings is 3. The summed E-state index contributed by atoms with van der Waals surface area (Å²) in [5.74, 6) is 0. The molecular formula is C21H15NS2. The van der Waals surface area contributed by atoms with E-state index in [1.54, 1.807) is 0 Å². The Morgan fingerprint density at radius 1 is 0.792 bits per heavy atom. The molecule has 2 aliphatic heterocycles. The summed E-state index contributed by atoms with van der Waals surface area (Å²) < 4.78 is 0. The van der Waals surface area contributed by atoms with Crippen LogP contribution in [0.3, 0.4) is 0 Å². The molecule has 3 heteroatoms. The Morgan fingerprint density at radius 2 is 1.58 bits per heavy atom. The van der Waals surface area contributed by atoms with Crippen LogP contribution < -0.4 is 4.90 Å². The van der Waals surface area contributed by atoms with Gasteiger partial charge in [-0.25, -0.2) is 0 Å². The zero-order valence-electron chi connectivity index (χ0n) is 13.0. The third kappa shape index (κ3) is 2.36. The van der Waals surface area contributed by atoms with Gasteiger partial charge in [-0.2, -0.15) is 0 Å². The van der Waals surface area contributed by atoms with Gasteiger partial charge in [0.1, 0.15) is 0 Å². The first-order valence-corrected chi connectivity index (χ1v) is 9.63. The Kier molecular flexibility index (Phi) is 3.42. The summed E-state index contributed by atoms with van der Waals surface area (Å²) in [6, 6.07) is 26.0. The second kappa shape index (κ2) is 5.76. The van der Waals surface area contributed by atoms with Gasteiger partial charge in [-0.3, -0.25) is 0 Å². The summed E-state index contributed by atoms with van der Waals surface area (Å²) >= 11 is 3.74. The van der Waals surface area contributed by atoms with Crippen LogP contribution in [0.25, 0.3) is 6.08 Å². The lowest BCUT2D eigenvalue weighted by molar-refractivity contribution is 1.01. The quantitative estimate of drug-likeness (QED) is 0.526. The lowest BCUT2D eigenvalue weighted by Gasteiger charge is -2.37. The molecule has 5 rings (SSSR count). The lowest BCUT2D eigenvalue weighted by Crippen LogP contribution is -2.25. The highest BCUT2D eigenvalue weighted by Crippen LogP contribution is 2.52.